The number of aryl methyl sites for hydroxylation is 1. The molecule has 3 aromatic carbocycles. The van der Waals surface area contributed by atoms with Crippen LogP contribution >= 0.6 is 22.7 Å². The summed E-state index contributed by atoms with van der Waals surface area (Å²) < 4.78 is 6.87. The van der Waals surface area contributed by atoms with Crippen molar-refractivity contribution in [2.24, 2.45) is 0 Å². The Morgan fingerprint density at radius 3 is 2.69 bits per heavy atom. The SMILES string of the molecule is N=C/C=C\Nc1ccc(OCCCc2sc(N3CCc4cccc(C(=O)Nc5nc6ccccc6s5)c4C3)nc2C(=O)O)cc1. The number of benzene rings is 3. The van der Waals surface area contributed by atoms with Gasteiger partial charge in [0.25, 0.3) is 5.91 Å². The van der Waals surface area contributed by atoms with E-state index in [1.807, 2.05) is 66.7 Å². The molecule has 10 nitrogen and oxygen atoms in total. The molecule has 6 rings (SSSR count). The van der Waals surface area contributed by atoms with Gasteiger partial charge >= 0.3 is 5.97 Å². The molecule has 45 heavy (non-hydrogen) atoms. The zero-order valence-corrected chi connectivity index (χ0v) is 25.8. The maximum absolute atomic E-state index is 13.4. The van der Waals surface area contributed by atoms with E-state index in [0.717, 1.165) is 39.2 Å². The minimum Gasteiger partial charge on any atom is -0.494 e. The summed E-state index contributed by atoms with van der Waals surface area (Å²) in [5.74, 6) is -0.554. The molecule has 1 amide bonds. The molecule has 3 heterocycles. The summed E-state index contributed by atoms with van der Waals surface area (Å²) in [5.41, 5.74) is 4.38. The molecule has 228 valence electrons. The number of aromatic nitrogens is 2. The number of nitrogens with one attached hydrogen (secondary N) is 3. The van der Waals surface area contributed by atoms with Crippen molar-refractivity contribution in [1.29, 1.82) is 5.41 Å². The lowest BCUT2D eigenvalue weighted by Crippen LogP contribution is -2.32. The van der Waals surface area contributed by atoms with E-state index in [1.165, 1.54) is 28.9 Å². The van der Waals surface area contributed by atoms with Gasteiger partial charge in [0.05, 0.1) is 16.8 Å². The Morgan fingerprint density at radius 2 is 1.89 bits per heavy atom. The Morgan fingerprint density at radius 1 is 1.04 bits per heavy atom. The van der Waals surface area contributed by atoms with E-state index in [2.05, 4.69) is 25.5 Å². The number of carbonyl (C=O) groups excluding carboxylic acids is 1. The molecule has 0 spiro atoms. The van der Waals surface area contributed by atoms with Crippen LogP contribution in [0.15, 0.2) is 79.0 Å². The fraction of sp³-hybridized carbons (Fsp3) is 0.182. The number of nitrogens with zero attached hydrogens (tertiary/aromatic N) is 3. The molecular formula is C33H30N6O4S2. The smallest absolute Gasteiger partial charge is 0.355 e. The van der Waals surface area contributed by atoms with Crippen LogP contribution in [0, 0.1) is 5.41 Å². The Hall–Kier alpha value is -5.07. The predicted octanol–water partition coefficient (Wildman–Crippen LogP) is 6.85. The van der Waals surface area contributed by atoms with Crippen molar-refractivity contribution in [2.75, 3.05) is 28.7 Å². The lowest BCUT2D eigenvalue weighted by Gasteiger charge is -2.29. The number of anilines is 3. The number of fused-ring (bicyclic) bond motifs is 2. The Bertz CT molecular complexity index is 1850. The number of allylic oxidation sites excluding steroid dienone is 1. The molecule has 0 aliphatic carbocycles. The summed E-state index contributed by atoms with van der Waals surface area (Å²) in [6, 6.07) is 21.0. The van der Waals surface area contributed by atoms with Crippen molar-refractivity contribution >= 4 is 66.9 Å². The summed E-state index contributed by atoms with van der Waals surface area (Å²) in [6.45, 7) is 1.56. The first-order valence-electron chi connectivity index (χ1n) is 14.4. The monoisotopic (exact) mass is 638 g/mol. The average Bonchev–Trinajstić information content (AvgIpc) is 3.67. The van der Waals surface area contributed by atoms with Gasteiger partial charge in [-0.25, -0.2) is 14.8 Å². The highest BCUT2D eigenvalue weighted by molar-refractivity contribution is 7.22. The normalized spacial score (nSPS) is 12.7. The molecule has 0 radical (unpaired) electrons. The number of rotatable bonds is 12. The van der Waals surface area contributed by atoms with Gasteiger partial charge in [-0.15, -0.1) is 11.3 Å². The van der Waals surface area contributed by atoms with Crippen molar-refractivity contribution in [2.45, 2.75) is 25.8 Å². The first kappa shape index (κ1) is 30.0. The molecule has 4 N–H and O–H groups in total. The van der Waals surface area contributed by atoms with Crippen molar-refractivity contribution in [3.63, 3.8) is 0 Å². The van der Waals surface area contributed by atoms with Crippen molar-refractivity contribution in [3.8, 4) is 5.75 Å². The van der Waals surface area contributed by atoms with Gasteiger partial charge in [-0.1, -0.05) is 35.6 Å². The molecule has 0 atom stereocenters. The number of thiazole rings is 2. The van der Waals surface area contributed by atoms with Crippen molar-refractivity contribution in [3.05, 3.63) is 106 Å². The summed E-state index contributed by atoms with van der Waals surface area (Å²) in [4.78, 5) is 37.3. The van der Waals surface area contributed by atoms with Gasteiger partial charge in [0.2, 0.25) is 0 Å². The van der Waals surface area contributed by atoms with Crippen LogP contribution in [-0.2, 0) is 19.4 Å². The first-order valence-corrected chi connectivity index (χ1v) is 16.0. The van der Waals surface area contributed by atoms with Crippen LogP contribution in [0.2, 0.25) is 0 Å². The summed E-state index contributed by atoms with van der Waals surface area (Å²) in [7, 11) is 0. The predicted molar refractivity (Wildman–Crippen MR) is 180 cm³/mol. The van der Waals surface area contributed by atoms with Crippen LogP contribution < -0.4 is 20.3 Å². The van der Waals surface area contributed by atoms with Crippen molar-refractivity contribution < 1.29 is 19.4 Å². The van der Waals surface area contributed by atoms with E-state index < -0.39 is 5.97 Å². The Balaban J connectivity index is 1.10. The zero-order valence-electron chi connectivity index (χ0n) is 24.2. The minimum absolute atomic E-state index is 0.0658. The summed E-state index contributed by atoms with van der Waals surface area (Å²) in [6.07, 6.45) is 6.33. The second-order valence-electron chi connectivity index (χ2n) is 10.3. The zero-order chi connectivity index (χ0) is 31.2. The summed E-state index contributed by atoms with van der Waals surface area (Å²) in [5, 5.41) is 24.1. The van der Waals surface area contributed by atoms with E-state index in [0.29, 0.717) is 53.2 Å². The van der Waals surface area contributed by atoms with E-state index in [9.17, 15) is 14.7 Å². The number of hydrogen-bond donors (Lipinski definition) is 4. The molecule has 2 aromatic heterocycles. The topological polar surface area (TPSA) is 141 Å². The number of amides is 1. The lowest BCUT2D eigenvalue weighted by atomic mass is 9.94. The Labute approximate surface area is 267 Å². The third-order valence-electron chi connectivity index (χ3n) is 7.30. The van der Waals surface area contributed by atoms with Crippen LogP contribution in [0.25, 0.3) is 10.2 Å². The number of carboxylic acid groups (broad SMARTS) is 1. The molecule has 0 saturated carbocycles. The quantitative estimate of drug-likeness (QED) is 0.0859. The highest BCUT2D eigenvalue weighted by Gasteiger charge is 2.26. The number of aromatic carboxylic acids is 1. The number of hydrogen-bond acceptors (Lipinski definition) is 10. The maximum Gasteiger partial charge on any atom is 0.355 e. The van der Waals surface area contributed by atoms with E-state index in [-0.39, 0.29) is 11.6 Å². The number of carbonyl (C=O) groups is 2. The second-order valence-corrected chi connectivity index (χ2v) is 12.4. The van der Waals surface area contributed by atoms with Crippen LogP contribution in [0.1, 0.15) is 43.3 Å². The van der Waals surface area contributed by atoms with Gasteiger partial charge in [0, 0.05) is 41.6 Å². The third kappa shape index (κ3) is 7.03. The third-order valence-corrected chi connectivity index (χ3v) is 9.43. The fourth-order valence-electron chi connectivity index (χ4n) is 5.12. The maximum atomic E-state index is 13.4. The molecule has 5 aromatic rings. The largest absolute Gasteiger partial charge is 0.494 e. The van der Waals surface area contributed by atoms with Crippen LogP contribution in [0.4, 0.5) is 16.0 Å². The van der Waals surface area contributed by atoms with Crippen LogP contribution in [0.3, 0.4) is 0 Å². The molecule has 1 aliphatic rings. The van der Waals surface area contributed by atoms with Gasteiger partial charge in [-0.2, -0.15) is 0 Å². The second kappa shape index (κ2) is 13.7. The van der Waals surface area contributed by atoms with Gasteiger partial charge in [0.15, 0.2) is 16.0 Å². The fourth-order valence-corrected chi connectivity index (χ4v) is 7.10. The minimum atomic E-state index is -1.05. The Kier molecular flexibility index (Phi) is 9.13. The van der Waals surface area contributed by atoms with E-state index in [1.54, 1.807) is 12.3 Å². The van der Waals surface area contributed by atoms with E-state index >= 15 is 0 Å². The molecule has 0 fully saturated rings. The highest BCUT2D eigenvalue weighted by atomic mass is 32.1. The molecular weight excluding hydrogens is 609 g/mol. The number of ether oxygens (including phenoxy) is 1. The van der Waals surface area contributed by atoms with Gasteiger partial charge in [0.1, 0.15) is 5.75 Å². The van der Waals surface area contributed by atoms with E-state index in [4.69, 9.17) is 10.1 Å². The van der Waals surface area contributed by atoms with Gasteiger partial charge in [-0.3, -0.25) is 10.1 Å². The first-order chi connectivity index (χ1) is 22.0. The van der Waals surface area contributed by atoms with Gasteiger partial charge in [-0.05, 0) is 78.9 Å². The lowest BCUT2D eigenvalue weighted by molar-refractivity contribution is 0.0690. The summed E-state index contributed by atoms with van der Waals surface area (Å²) >= 11 is 2.82. The highest BCUT2D eigenvalue weighted by Crippen LogP contribution is 2.33. The van der Waals surface area contributed by atoms with Gasteiger partial charge < -0.3 is 25.5 Å². The number of para-hydroxylation sites is 1. The average molecular weight is 639 g/mol. The standard InChI is InChI=1S/C33H30N6O4S2/c34-16-5-17-35-22-11-13-23(14-12-22)43-19-4-10-28-29(31(41)42)37-33(45-28)39-18-15-21-6-3-7-24(25(21)20-39)30(40)38-32-36-26-8-1-2-9-27(26)44-32/h1-3,5-9,11-14,16-17,34-35H,4,10,15,18-20H2,(H,41,42)(H,36,38,40)/b17-5-,34-16?. The molecule has 0 saturated heterocycles. The van der Waals surface area contributed by atoms with Crippen LogP contribution in [0.5, 0.6) is 5.75 Å². The molecule has 1 aliphatic heterocycles. The molecule has 12 heteroatoms. The van der Waals surface area contributed by atoms with Crippen molar-refractivity contribution in [1.82, 2.24) is 9.97 Å². The van der Waals surface area contributed by atoms with Crippen LogP contribution in [-0.4, -0.2) is 46.3 Å². The molecule has 0 unspecified atom stereocenters. The number of carboxylic acids is 1. The molecule has 0 bridgehead atoms.